The molecular formula is C16H18N4O3S. The number of nitrogens with zero attached hydrogens (tertiary/aromatic N) is 2. The number of aromatic nitrogens is 2. The highest BCUT2D eigenvalue weighted by Gasteiger charge is 2.31. The summed E-state index contributed by atoms with van der Waals surface area (Å²) in [6, 6.07) is 8.68. The van der Waals surface area contributed by atoms with Crippen LogP contribution in [0.5, 0.6) is 0 Å². The van der Waals surface area contributed by atoms with Gasteiger partial charge in [0.25, 0.3) is 5.22 Å². The van der Waals surface area contributed by atoms with E-state index in [1.165, 1.54) is 0 Å². The van der Waals surface area contributed by atoms with Crippen LogP contribution in [-0.2, 0) is 4.79 Å². The Morgan fingerprint density at radius 1 is 1.29 bits per heavy atom. The molecule has 1 aromatic carbocycles. The van der Waals surface area contributed by atoms with Gasteiger partial charge in [-0.05, 0) is 37.1 Å². The molecule has 126 valence electrons. The van der Waals surface area contributed by atoms with E-state index in [-0.39, 0.29) is 0 Å². The first kappa shape index (κ1) is 16.5. The molecule has 2 N–H and O–H groups in total. The van der Waals surface area contributed by atoms with Gasteiger partial charge in [-0.1, -0.05) is 30.3 Å². The van der Waals surface area contributed by atoms with Gasteiger partial charge in [0.05, 0.1) is 0 Å². The van der Waals surface area contributed by atoms with Gasteiger partial charge in [0.15, 0.2) is 0 Å². The zero-order chi connectivity index (χ0) is 16.9. The molecule has 1 fully saturated rings. The van der Waals surface area contributed by atoms with E-state index in [1.807, 2.05) is 30.3 Å². The van der Waals surface area contributed by atoms with Crippen LogP contribution in [0.3, 0.4) is 0 Å². The molecule has 1 atom stereocenters. The molecule has 1 aliphatic rings. The van der Waals surface area contributed by atoms with E-state index in [4.69, 9.17) is 4.42 Å². The van der Waals surface area contributed by atoms with Gasteiger partial charge in [0.2, 0.25) is 11.8 Å². The summed E-state index contributed by atoms with van der Waals surface area (Å²) in [5.74, 6) is 0.544. The largest absolute Gasteiger partial charge is 0.416 e. The van der Waals surface area contributed by atoms with Crippen molar-refractivity contribution in [1.82, 2.24) is 20.8 Å². The zero-order valence-corrected chi connectivity index (χ0v) is 14.0. The second-order valence-corrected chi connectivity index (χ2v) is 6.49. The molecule has 1 heterocycles. The number of carbonyl (C=O) groups excluding carboxylic acids is 2. The van der Waals surface area contributed by atoms with Crippen LogP contribution in [0.15, 0.2) is 40.0 Å². The first-order valence-corrected chi connectivity index (χ1v) is 8.69. The van der Waals surface area contributed by atoms with Gasteiger partial charge in [0.1, 0.15) is 5.25 Å². The van der Waals surface area contributed by atoms with Crippen molar-refractivity contribution in [2.75, 3.05) is 6.54 Å². The lowest BCUT2D eigenvalue weighted by Gasteiger charge is -2.14. The third-order valence-corrected chi connectivity index (χ3v) is 4.57. The monoisotopic (exact) mass is 346 g/mol. The fraction of sp³-hybridized carbons (Fsp3) is 0.375. The van der Waals surface area contributed by atoms with Gasteiger partial charge in [-0.3, -0.25) is 10.1 Å². The number of nitrogens with one attached hydrogen (secondary N) is 2. The summed E-state index contributed by atoms with van der Waals surface area (Å²) >= 11 is 1.14. The van der Waals surface area contributed by atoms with Crippen LogP contribution in [0.4, 0.5) is 4.79 Å². The number of carbonyl (C=O) groups is 2. The number of hydrogen-bond acceptors (Lipinski definition) is 6. The topological polar surface area (TPSA) is 97.1 Å². The molecule has 3 rings (SSSR count). The smallest absolute Gasteiger partial charge is 0.321 e. The molecule has 0 bridgehead atoms. The van der Waals surface area contributed by atoms with E-state index in [9.17, 15) is 9.59 Å². The first-order valence-electron chi connectivity index (χ1n) is 7.81. The van der Waals surface area contributed by atoms with Gasteiger partial charge in [-0.25, -0.2) is 4.79 Å². The highest BCUT2D eigenvalue weighted by atomic mass is 32.2. The van der Waals surface area contributed by atoms with E-state index in [2.05, 4.69) is 20.8 Å². The number of benzene rings is 1. The molecule has 0 unspecified atom stereocenters. The Labute approximate surface area is 143 Å². The lowest BCUT2D eigenvalue weighted by molar-refractivity contribution is -0.119. The molecule has 7 nitrogen and oxygen atoms in total. The van der Waals surface area contributed by atoms with Crippen molar-refractivity contribution >= 4 is 23.7 Å². The van der Waals surface area contributed by atoms with Crippen LogP contribution in [0.1, 0.15) is 42.4 Å². The predicted octanol–water partition coefficient (Wildman–Crippen LogP) is 2.63. The average molecular weight is 346 g/mol. The molecule has 0 aliphatic heterocycles. The van der Waals surface area contributed by atoms with Gasteiger partial charge >= 0.3 is 6.03 Å². The number of hydrogen-bond donors (Lipinski definition) is 2. The Morgan fingerprint density at radius 3 is 2.71 bits per heavy atom. The van der Waals surface area contributed by atoms with Crippen molar-refractivity contribution in [2.45, 2.75) is 36.2 Å². The lowest BCUT2D eigenvalue weighted by Crippen LogP contribution is -2.41. The van der Waals surface area contributed by atoms with E-state index >= 15 is 0 Å². The van der Waals surface area contributed by atoms with Crippen molar-refractivity contribution in [3.05, 3.63) is 41.8 Å². The van der Waals surface area contributed by atoms with Crippen molar-refractivity contribution < 1.29 is 14.0 Å². The van der Waals surface area contributed by atoms with Crippen LogP contribution >= 0.6 is 11.8 Å². The molecule has 2 aromatic rings. The van der Waals surface area contributed by atoms with Gasteiger partial charge in [-0.15, -0.1) is 10.2 Å². The molecule has 24 heavy (non-hydrogen) atoms. The standard InChI is InChI=1S/C16H18N4O3S/c1-2-17-15(22)18-13(21)12(10-6-4-3-5-7-10)24-16-20-19-14(23-16)11-8-9-11/h3-7,11-12H,2,8-9H2,1H3,(H2,17,18,21,22)/t12-/m0/s1. The fourth-order valence-electron chi connectivity index (χ4n) is 2.15. The van der Waals surface area contributed by atoms with Gasteiger partial charge < -0.3 is 9.73 Å². The van der Waals surface area contributed by atoms with Crippen molar-refractivity contribution in [1.29, 1.82) is 0 Å². The van der Waals surface area contributed by atoms with E-state index in [1.54, 1.807) is 6.92 Å². The number of imide groups is 1. The second-order valence-electron chi connectivity index (χ2n) is 5.44. The van der Waals surface area contributed by atoms with Crippen molar-refractivity contribution in [2.24, 2.45) is 0 Å². The maximum Gasteiger partial charge on any atom is 0.321 e. The average Bonchev–Trinajstić information content (AvgIpc) is 3.32. The number of thioether (sulfide) groups is 1. The number of rotatable bonds is 6. The maximum atomic E-state index is 12.5. The lowest BCUT2D eigenvalue weighted by atomic mass is 10.1. The summed E-state index contributed by atoms with van der Waals surface area (Å²) in [5.41, 5.74) is 0.760. The Kier molecular flexibility index (Phi) is 5.14. The molecule has 0 spiro atoms. The summed E-state index contributed by atoms with van der Waals surface area (Å²) in [5, 5.41) is 12.6. The van der Waals surface area contributed by atoms with Crippen molar-refractivity contribution in [3.63, 3.8) is 0 Å². The molecule has 1 aliphatic carbocycles. The third kappa shape index (κ3) is 4.14. The summed E-state index contributed by atoms with van der Waals surface area (Å²) in [4.78, 5) is 24.1. The van der Waals surface area contributed by atoms with Crippen LogP contribution in [-0.4, -0.2) is 28.7 Å². The molecule has 8 heteroatoms. The summed E-state index contributed by atoms with van der Waals surface area (Å²) in [7, 11) is 0. The molecule has 0 saturated heterocycles. The molecule has 1 saturated carbocycles. The third-order valence-electron chi connectivity index (χ3n) is 3.48. The zero-order valence-electron chi connectivity index (χ0n) is 13.2. The minimum absolute atomic E-state index is 0.330. The van der Waals surface area contributed by atoms with Crippen LogP contribution in [0.2, 0.25) is 0 Å². The number of amides is 3. The van der Waals surface area contributed by atoms with E-state index in [0.29, 0.717) is 23.6 Å². The minimum atomic E-state index is -0.652. The second kappa shape index (κ2) is 7.48. The Hall–Kier alpha value is -2.35. The Balaban J connectivity index is 1.76. The SMILES string of the molecule is CCNC(=O)NC(=O)[C@@H](Sc1nnc(C2CC2)o1)c1ccccc1. The highest BCUT2D eigenvalue weighted by molar-refractivity contribution is 8.00. The quantitative estimate of drug-likeness (QED) is 0.781. The van der Waals surface area contributed by atoms with Crippen LogP contribution in [0.25, 0.3) is 0 Å². The Bertz CT molecular complexity index is 715. The van der Waals surface area contributed by atoms with Gasteiger partial charge in [0, 0.05) is 12.5 Å². The fourth-order valence-corrected chi connectivity index (χ4v) is 3.03. The normalized spacial score (nSPS) is 14.9. The highest BCUT2D eigenvalue weighted by Crippen LogP contribution is 2.41. The Morgan fingerprint density at radius 2 is 2.04 bits per heavy atom. The number of urea groups is 1. The predicted molar refractivity (Wildman–Crippen MR) is 88.5 cm³/mol. The van der Waals surface area contributed by atoms with Crippen LogP contribution in [0, 0.1) is 0 Å². The molecular weight excluding hydrogens is 328 g/mol. The van der Waals surface area contributed by atoms with E-state index in [0.717, 1.165) is 30.2 Å². The molecule has 0 radical (unpaired) electrons. The van der Waals surface area contributed by atoms with Crippen molar-refractivity contribution in [3.8, 4) is 0 Å². The van der Waals surface area contributed by atoms with Crippen LogP contribution < -0.4 is 10.6 Å². The van der Waals surface area contributed by atoms with Gasteiger partial charge in [-0.2, -0.15) is 0 Å². The summed E-state index contributed by atoms with van der Waals surface area (Å²) in [6.07, 6.45) is 2.12. The van der Waals surface area contributed by atoms with E-state index < -0.39 is 17.2 Å². The summed E-state index contributed by atoms with van der Waals surface area (Å²) < 4.78 is 5.62. The maximum absolute atomic E-state index is 12.5. The first-order chi connectivity index (χ1) is 11.7. The molecule has 1 aromatic heterocycles. The molecule has 3 amide bonds. The minimum Gasteiger partial charge on any atom is -0.416 e. The summed E-state index contributed by atoms with van der Waals surface area (Å²) in [6.45, 7) is 2.22.